The number of methoxy groups -OCH3 is 2. The first-order valence-electron chi connectivity index (χ1n) is 6.55. The Morgan fingerprint density at radius 1 is 1.30 bits per heavy atom. The van der Waals surface area contributed by atoms with Crippen molar-refractivity contribution in [1.82, 2.24) is 0 Å². The molecule has 1 aromatic carbocycles. The molecule has 3 N–H and O–H groups in total. The number of hydrogen-bond donors (Lipinski definition) is 2. The second-order valence-corrected chi connectivity index (χ2v) is 5.19. The van der Waals surface area contributed by atoms with Crippen molar-refractivity contribution in [2.75, 3.05) is 20.8 Å². The fourth-order valence-electron chi connectivity index (χ4n) is 2.28. The van der Waals surface area contributed by atoms with Gasteiger partial charge in [0, 0.05) is 6.54 Å². The molecule has 0 aliphatic heterocycles. The average Bonchev–Trinajstić information content (AvgIpc) is 2.43. The molecule has 0 spiro atoms. The third kappa shape index (κ3) is 3.04. The normalized spacial score (nSPS) is 13.9. The quantitative estimate of drug-likeness (QED) is 0.798. The van der Waals surface area contributed by atoms with Crippen LogP contribution in [-0.4, -0.2) is 31.8 Å². The van der Waals surface area contributed by atoms with E-state index in [1.54, 1.807) is 26.4 Å². The van der Waals surface area contributed by atoms with Gasteiger partial charge in [-0.05, 0) is 30.0 Å². The molecule has 0 saturated carbocycles. The highest BCUT2D eigenvalue weighted by Crippen LogP contribution is 2.34. The van der Waals surface area contributed by atoms with Crippen molar-refractivity contribution < 1.29 is 19.4 Å². The lowest BCUT2D eigenvalue weighted by Crippen LogP contribution is -2.45. The van der Waals surface area contributed by atoms with Gasteiger partial charge in [0.1, 0.15) is 0 Å². The lowest BCUT2D eigenvalue weighted by Gasteiger charge is -2.32. The molecule has 112 valence electrons. The molecule has 0 saturated heterocycles. The summed E-state index contributed by atoms with van der Waals surface area (Å²) in [6.45, 7) is 3.85. The van der Waals surface area contributed by atoms with Gasteiger partial charge in [-0.15, -0.1) is 0 Å². The van der Waals surface area contributed by atoms with Crippen LogP contribution in [0.15, 0.2) is 18.2 Å². The Kier molecular flexibility index (Phi) is 5.39. The van der Waals surface area contributed by atoms with Crippen molar-refractivity contribution in [3.05, 3.63) is 23.8 Å². The third-order valence-electron chi connectivity index (χ3n) is 3.86. The number of carboxylic acid groups (broad SMARTS) is 1. The Hall–Kier alpha value is -1.75. The van der Waals surface area contributed by atoms with Crippen molar-refractivity contribution in [3.63, 3.8) is 0 Å². The van der Waals surface area contributed by atoms with Gasteiger partial charge in [-0.3, -0.25) is 4.79 Å². The van der Waals surface area contributed by atoms with Crippen molar-refractivity contribution in [3.8, 4) is 11.5 Å². The van der Waals surface area contributed by atoms with Crippen LogP contribution in [0.1, 0.15) is 19.4 Å². The summed E-state index contributed by atoms with van der Waals surface area (Å²) in [6, 6.07) is 5.42. The molecule has 1 rings (SSSR count). The summed E-state index contributed by atoms with van der Waals surface area (Å²) in [5.74, 6) is 0.266. The number of hydrogen-bond acceptors (Lipinski definition) is 4. The first-order valence-corrected chi connectivity index (χ1v) is 6.55. The van der Waals surface area contributed by atoms with E-state index in [0.717, 1.165) is 5.56 Å². The number of ether oxygens (including phenoxy) is 2. The number of rotatable bonds is 7. The molecular weight excluding hydrogens is 258 g/mol. The molecule has 0 aliphatic carbocycles. The van der Waals surface area contributed by atoms with Crippen molar-refractivity contribution in [2.45, 2.75) is 20.3 Å². The summed E-state index contributed by atoms with van der Waals surface area (Å²) in [4.78, 5) is 11.6. The summed E-state index contributed by atoms with van der Waals surface area (Å²) < 4.78 is 10.4. The number of carbonyl (C=O) groups is 1. The van der Waals surface area contributed by atoms with Crippen LogP contribution in [-0.2, 0) is 11.2 Å². The van der Waals surface area contributed by atoms with Crippen LogP contribution in [0, 0.1) is 11.3 Å². The SMILES string of the molecule is COc1ccc(CC(CN)(C(=O)O)C(C)C)cc1OC. The monoisotopic (exact) mass is 281 g/mol. The second kappa shape index (κ2) is 6.61. The minimum atomic E-state index is -0.973. The minimum absolute atomic E-state index is 0.0712. The van der Waals surface area contributed by atoms with E-state index in [1.165, 1.54) is 0 Å². The zero-order valence-electron chi connectivity index (χ0n) is 12.5. The first kappa shape index (κ1) is 16.3. The maximum Gasteiger partial charge on any atom is 0.311 e. The Morgan fingerprint density at radius 3 is 2.30 bits per heavy atom. The lowest BCUT2D eigenvalue weighted by molar-refractivity contribution is -0.151. The van der Waals surface area contributed by atoms with Crippen LogP contribution < -0.4 is 15.2 Å². The highest BCUT2D eigenvalue weighted by atomic mass is 16.5. The third-order valence-corrected chi connectivity index (χ3v) is 3.86. The molecule has 20 heavy (non-hydrogen) atoms. The van der Waals surface area contributed by atoms with Gasteiger partial charge in [0.15, 0.2) is 11.5 Å². The summed E-state index contributed by atoms with van der Waals surface area (Å²) in [5, 5.41) is 9.55. The van der Waals surface area contributed by atoms with Gasteiger partial charge in [0.05, 0.1) is 19.6 Å². The molecule has 1 unspecified atom stereocenters. The number of aliphatic carboxylic acids is 1. The van der Waals surface area contributed by atoms with E-state index in [9.17, 15) is 9.90 Å². The van der Waals surface area contributed by atoms with Gasteiger partial charge in [0.2, 0.25) is 0 Å². The number of nitrogens with two attached hydrogens (primary N) is 1. The lowest BCUT2D eigenvalue weighted by atomic mass is 9.72. The molecule has 5 heteroatoms. The predicted octanol–water partition coefficient (Wildman–Crippen LogP) is 1.93. The first-order chi connectivity index (χ1) is 9.41. The zero-order chi connectivity index (χ0) is 15.3. The topological polar surface area (TPSA) is 81.8 Å². The molecular formula is C15H23NO4. The van der Waals surface area contributed by atoms with Crippen LogP contribution in [0.5, 0.6) is 11.5 Å². The van der Waals surface area contributed by atoms with Crippen LogP contribution in [0.25, 0.3) is 0 Å². The highest BCUT2D eigenvalue weighted by Gasteiger charge is 2.40. The summed E-state index contributed by atoms with van der Waals surface area (Å²) in [5.41, 5.74) is 5.64. The van der Waals surface area contributed by atoms with Crippen molar-refractivity contribution in [2.24, 2.45) is 17.1 Å². The van der Waals surface area contributed by atoms with E-state index in [1.807, 2.05) is 19.9 Å². The molecule has 0 bridgehead atoms. The van der Waals surface area contributed by atoms with E-state index in [4.69, 9.17) is 15.2 Å². The predicted molar refractivity (Wildman–Crippen MR) is 77.2 cm³/mol. The van der Waals surface area contributed by atoms with Gasteiger partial charge in [-0.2, -0.15) is 0 Å². The largest absolute Gasteiger partial charge is 0.493 e. The Bertz CT molecular complexity index is 473. The Morgan fingerprint density at radius 2 is 1.90 bits per heavy atom. The molecule has 0 aromatic heterocycles. The summed E-state index contributed by atoms with van der Waals surface area (Å²) in [7, 11) is 3.12. The fraction of sp³-hybridized carbons (Fsp3) is 0.533. The highest BCUT2D eigenvalue weighted by molar-refractivity contribution is 5.76. The fourth-order valence-corrected chi connectivity index (χ4v) is 2.28. The molecule has 0 amide bonds. The second-order valence-electron chi connectivity index (χ2n) is 5.19. The molecule has 0 radical (unpaired) electrons. The van der Waals surface area contributed by atoms with E-state index in [2.05, 4.69) is 0 Å². The van der Waals surface area contributed by atoms with Gasteiger partial charge in [0.25, 0.3) is 0 Å². The number of benzene rings is 1. The van der Waals surface area contributed by atoms with Crippen LogP contribution in [0.4, 0.5) is 0 Å². The summed E-state index contributed by atoms with van der Waals surface area (Å²) in [6.07, 6.45) is 0.358. The van der Waals surface area contributed by atoms with Gasteiger partial charge >= 0.3 is 5.97 Å². The van der Waals surface area contributed by atoms with Gasteiger partial charge < -0.3 is 20.3 Å². The maximum absolute atomic E-state index is 11.6. The Labute approximate surface area is 119 Å². The molecule has 0 fully saturated rings. The molecule has 1 aromatic rings. The smallest absolute Gasteiger partial charge is 0.311 e. The number of carboxylic acids is 1. The summed E-state index contributed by atoms with van der Waals surface area (Å²) >= 11 is 0. The Balaban J connectivity index is 3.15. The van der Waals surface area contributed by atoms with E-state index in [0.29, 0.717) is 17.9 Å². The average molecular weight is 281 g/mol. The molecule has 0 heterocycles. The standard InChI is InChI=1S/C15H23NO4/c1-10(2)15(9-16,14(17)18)8-11-5-6-12(19-3)13(7-11)20-4/h5-7,10H,8-9,16H2,1-4H3,(H,17,18). The molecule has 5 nitrogen and oxygen atoms in total. The molecule has 0 aliphatic rings. The van der Waals surface area contributed by atoms with Gasteiger partial charge in [-0.25, -0.2) is 0 Å². The van der Waals surface area contributed by atoms with Crippen LogP contribution in [0.2, 0.25) is 0 Å². The van der Waals surface area contributed by atoms with Crippen LogP contribution >= 0.6 is 0 Å². The molecule has 1 atom stereocenters. The van der Waals surface area contributed by atoms with Crippen molar-refractivity contribution in [1.29, 1.82) is 0 Å². The van der Waals surface area contributed by atoms with E-state index in [-0.39, 0.29) is 12.5 Å². The van der Waals surface area contributed by atoms with Gasteiger partial charge in [-0.1, -0.05) is 19.9 Å². The zero-order valence-corrected chi connectivity index (χ0v) is 12.5. The minimum Gasteiger partial charge on any atom is -0.493 e. The van der Waals surface area contributed by atoms with E-state index >= 15 is 0 Å². The van der Waals surface area contributed by atoms with Crippen molar-refractivity contribution >= 4 is 5.97 Å². The maximum atomic E-state index is 11.6. The van der Waals surface area contributed by atoms with Crippen LogP contribution in [0.3, 0.4) is 0 Å². The van der Waals surface area contributed by atoms with E-state index < -0.39 is 11.4 Å².